The highest BCUT2D eigenvalue weighted by Crippen LogP contribution is 2.46. The monoisotopic (exact) mass is 417 g/mol. The molecule has 4 rings (SSSR count). The first-order chi connectivity index (χ1) is 14.0. The predicted molar refractivity (Wildman–Crippen MR) is 113 cm³/mol. The van der Waals surface area contributed by atoms with Crippen molar-refractivity contribution in [3.8, 4) is 17.1 Å². The second-order valence-corrected chi connectivity index (χ2v) is 8.51. The molecule has 0 radical (unpaired) electrons. The van der Waals surface area contributed by atoms with E-state index in [0.717, 1.165) is 43.9 Å². The number of rotatable bonds is 4. The fraction of sp³-hybridized carbons (Fsp3) is 0.571. The van der Waals surface area contributed by atoms with E-state index in [-0.39, 0.29) is 12.0 Å². The van der Waals surface area contributed by atoms with Crippen LogP contribution in [0.15, 0.2) is 12.1 Å². The average molecular weight is 418 g/mol. The number of nitrogens with zero attached hydrogens (tertiary/aromatic N) is 4. The van der Waals surface area contributed by atoms with Crippen LogP contribution in [0, 0.1) is 12.3 Å². The average Bonchev–Trinajstić information content (AvgIpc) is 3.08. The third kappa shape index (κ3) is 3.67. The van der Waals surface area contributed by atoms with Crippen molar-refractivity contribution in [2.45, 2.75) is 51.7 Å². The van der Waals surface area contributed by atoms with E-state index in [2.05, 4.69) is 9.88 Å². The lowest BCUT2D eigenvalue weighted by atomic mass is 9.74. The lowest BCUT2D eigenvalue weighted by Gasteiger charge is -2.42. The molecule has 0 amide bonds. The fourth-order valence-corrected chi connectivity index (χ4v) is 5.00. The maximum Gasteiger partial charge on any atom is 0.224 e. The summed E-state index contributed by atoms with van der Waals surface area (Å²) in [6.07, 6.45) is 5.72. The van der Waals surface area contributed by atoms with Crippen LogP contribution in [0.1, 0.15) is 43.5 Å². The first-order valence-corrected chi connectivity index (χ1v) is 10.5. The first kappa shape index (κ1) is 20.3. The zero-order chi connectivity index (χ0) is 20.6. The molecule has 1 unspecified atom stereocenters. The molecule has 29 heavy (non-hydrogen) atoms. The Morgan fingerprint density at radius 3 is 2.62 bits per heavy atom. The normalized spacial score (nSPS) is 21.0. The van der Waals surface area contributed by atoms with E-state index in [9.17, 15) is 5.11 Å². The lowest BCUT2D eigenvalue weighted by Crippen LogP contribution is -2.47. The molecule has 1 saturated heterocycles. The minimum Gasteiger partial charge on any atom is -0.480 e. The number of aryl methyl sites for hydroxylation is 1. The number of halogens is 1. The van der Waals surface area contributed by atoms with Gasteiger partial charge in [-0.1, -0.05) is 18.0 Å². The fourth-order valence-electron chi connectivity index (χ4n) is 4.86. The van der Waals surface area contributed by atoms with E-state index >= 15 is 0 Å². The minimum absolute atomic E-state index is 0.180. The highest BCUT2D eigenvalue weighted by atomic mass is 35.5. The van der Waals surface area contributed by atoms with E-state index in [1.807, 2.05) is 13.0 Å². The zero-order valence-corrected chi connectivity index (χ0v) is 17.7. The summed E-state index contributed by atoms with van der Waals surface area (Å²) in [6, 6.07) is 3.82. The topological polar surface area (TPSA) is 97.4 Å². The molecule has 7 nitrogen and oxygen atoms in total. The highest BCUT2D eigenvalue weighted by molar-refractivity contribution is 6.29. The summed E-state index contributed by atoms with van der Waals surface area (Å²) in [5, 5.41) is 10.4. The number of piperidine rings is 1. The predicted octanol–water partition coefficient (Wildman–Crippen LogP) is 3.10. The maximum absolute atomic E-state index is 10.0. The molecule has 1 aliphatic carbocycles. The van der Waals surface area contributed by atoms with Gasteiger partial charge in [0.05, 0.1) is 30.7 Å². The van der Waals surface area contributed by atoms with E-state index < -0.39 is 0 Å². The molecule has 1 saturated carbocycles. The number of ether oxygens (including phenoxy) is 1. The number of methoxy groups -OCH3 is 1. The first-order valence-electron chi connectivity index (χ1n) is 10.2. The molecule has 0 aromatic carbocycles. The molecular weight excluding hydrogens is 390 g/mol. The summed E-state index contributed by atoms with van der Waals surface area (Å²) in [4.78, 5) is 16.0. The quantitative estimate of drug-likeness (QED) is 0.737. The summed E-state index contributed by atoms with van der Waals surface area (Å²) < 4.78 is 5.37. The summed E-state index contributed by atoms with van der Waals surface area (Å²) in [5.74, 6) is 1.15. The Balaban J connectivity index is 1.64. The van der Waals surface area contributed by atoms with Crippen molar-refractivity contribution in [1.29, 1.82) is 0 Å². The van der Waals surface area contributed by atoms with Gasteiger partial charge in [0.25, 0.3) is 0 Å². The van der Waals surface area contributed by atoms with Crippen molar-refractivity contribution >= 4 is 17.4 Å². The molecule has 2 aliphatic rings. The molecule has 2 aromatic rings. The van der Waals surface area contributed by atoms with Gasteiger partial charge in [0.2, 0.25) is 5.88 Å². The molecule has 1 spiro atoms. The van der Waals surface area contributed by atoms with Crippen LogP contribution in [0.25, 0.3) is 11.3 Å². The van der Waals surface area contributed by atoms with Gasteiger partial charge >= 0.3 is 0 Å². The minimum atomic E-state index is -0.180. The van der Waals surface area contributed by atoms with Gasteiger partial charge in [-0.25, -0.2) is 15.0 Å². The van der Waals surface area contributed by atoms with Crippen molar-refractivity contribution < 1.29 is 9.84 Å². The van der Waals surface area contributed by atoms with Gasteiger partial charge in [-0.05, 0) is 50.2 Å². The number of nitrogens with two attached hydrogens (primary N) is 1. The van der Waals surface area contributed by atoms with Crippen LogP contribution in [0.4, 0.5) is 5.82 Å². The van der Waals surface area contributed by atoms with Gasteiger partial charge in [0, 0.05) is 19.1 Å². The van der Waals surface area contributed by atoms with Crippen LogP contribution in [-0.2, 0) is 6.61 Å². The Morgan fingerprint density at radius 2 is 2.00 bits per heavy atom. The largest absolute Gasteiger partial charge is 0.480 e. The van der Waals surface area contributed by atoms with Crippen LogP contribution in [0.2, 0.25) is 5.15 Å². The number of aromatic nitrogens is 3. The van der Waals surface area contributed by atoms with Crippen LogP contribution >= 0.6 is 11.6 Å². The van der Waals surface area contributed by atoms with Crippen LogP contribution in [0.3, 0.4) is 0 Å². The third-order valence-electron chi connectivity index (χ3n) is 6.58. The molecule has 2 fully saturated rings. The molecule has 1 aliphatic heterocycles. The molecule has 156 valence electrons. The second kappa shape index (κ2) is 8.05. The van der Waals surface area contributed by atoms with Crippen LogP contribution in [0.5, 0.6) is 5.88 Å². The summed E-state index contributed by atoms with van der Waals surface area (Å²) in [7, 11) is 1.55. The number of hydrogen-bond donors (Lipinski definition) is 2. The SMILES string of the molecule is COc1nc(Cl)ccc1-c1nc(CO)c(N2CCC3(CCCC3N)CC2)nc1C. The van der Waals surface area contributed by atoms with Crippen molar-refractivity contribution in [3.05, 3.63) is 28.7 Å². The number of pyridine rings is 1. The summed E-state index contributed by atoms with van der Waals surface area (Å²) in [5.41, 5.74) is 9.37. The van der Waals surface area contributed by atoms with Gasteiger partial charge in [-0.2, -0.15) is 0 Å². The Bertz CT molecular complexity index is 899. The lowest BCUT2D eigenvalue weighted by molar-refractivity contribution is 0.196. The molecule has 0 bridgehead atoms. The van der Waals surface area contributed by atoms with E-state index in [1.165, 1.54) is 12.8 Å². The van der Waals surface area contributed by atoms with Gasteiger partial charge < -0.3 is 20.5 Å². The smallest absolute Gasteiger partial charge is 0.224 e. The van der Waals surface area contributed by atoms with E-state index in [1.54, 1.807) is 13.2 Å². The zero-order valence-electron chi connectivity index (χ0n) is 17.0. The number of aliphatic hydroxyl groups is 1. The molecular formula is C21H28ClN5O2. The van der Waals surface area contributed by atoms with Gasteiger partial charge in [0.1, 0.15) is 10.8 Å². The Labute approximate surface area is 176 Å². The highest BCUT2D eigenvalue weighted by Gasteiger charge is 2.43. The molecule has 2 aromatic heterocycles. The van der Waals surface area contributed by atoms with Crippen molar-refractivity contribution in [2.24, 2.45) is 11.1 Å². The van der Waals surface area contributed by atoms with Crippen molar-refractivity contribution in [3.63, 3.8) is 0 Å². The molecule has 3 heterocycles. The Hall–Kier alpha value is -1.96. The van der Waals surface area contributed by atoms with Crippen molar-refractivity contribution in [2.75, 3.05) is 25.1 Å². The maximum atomic E-state index is 10.0. The summed E-state index contributed by atoms with van der Waals surface area (Å²) in [6.45, 7) is 3.51. The standard InChI is InChI=1S/C21H28ClN5O2/c1-13-18(14-5-6-17(22)26-20(14)29-2)25-15(12-28)19(24-13)27-10-8-21(9-11-27)7-3-4-16(21)23/h5-6,16,28H,3-4,7-12,23H2,1-2H3. The third-order valence-corrected chi connectivity index (χ3v) is 6.79. The Kier molecular flexibility index (Phi) is 5.64. The van der Waals surface area contributed by atoms with Gasteiger partial charge in [-0.3, -0.25) is 0 Å². The van der Waals surface area contributed by atoms with Gasteiger partial charge in [0.15, 0.2) is 5.82 Å². The number of aliphatic hydroxyl groups excluding tert-OH is 1. The molecule has 8 heteroatoms. The number of hydrogen-bond acceptors (Lipinski definition) is 7. The molecule has 1 atom stereocenters. The van der Waals surface area contributed by atoms with Gasteiger partial charge in [-0.15, -0.1) is 0 Å². The molecule has 3 N–H and O–H groups in total. The second-order valence-electron chi connectivity index (χ2n) is 8.12. The van der Waals surface area contributed by atoms with Crippen LogP contribution < -0.4 is 15.4 Å². The van der Waals surface area contributed by atoms with Crippen molar-refractivity contribution in [1.82, 2.24) is 15.0 Å². The Morgan fingerprint density at radius 1 is 1.24 bits per heavy atom. The van der Waals surface area contributed by atoms with Crippen LogP contribution in [-0.4, -0.2) is 46.3 Å². The summed E-state index contributed by atoms with van der Waals surface area (Å²) >= 11 is 5.99. The number of anilines is 1. The van der Waals surface area contributed by atoms with E-state index in [0.29, 0.717) is 34.0 Å². The van der Waals surface area contributed by atoms with E-state index in [4.69, 9.17) is 32.0 Å².